The van der Waals surface area contributed by atoms with Crippen molar-refractivity contribution in [3.8, 4) is 5.88 Å². The Balaban J connectivity index is 2.47. The Morgan fingerprint density at radius 1 is 1.53 bits per heavy atom. The van der Waals surface area contributed by atoms with Crippen molar-refractivity contribution in [1.82, 2.24) is 14.8 Å². The zero-order chi connectivity index (χ0) is 12.4. The number of aryl methyl sites for hydroxylation is 1. The highest BCUT2D eigenvalue weighted by atomic mass is 79.9. The largest absolute Gasteiger partial charge is 0.481 e. The minimum absolute atomic E-state index is 0.333. The molecule has 6 heteroatoms. The second kappa shape index (κ2) is 4.85. The SMILES string of the molecule is COc1ncccc1C(N)c1c(Br)cnn1C. The monoisotopic (exact) mass is 296 g/mol. The number of ether oxygens (including phenoxy) is 1. The number of rotatable bonds is 3. The van der Waals surface area contributed by atoms with Crippen molar-refractivity contribution in [1.29, 1.82) is 0 Å². The quantitative estimate of drug-likeness (QED) is 0.935. The molecule has 0 fully saturated rings. The number of pyridine rings is 1. The summed E-state index contributed by atoms with van der Waals surface area (Å²) >= 11 is 3.44. The van der Waals surface area contributed by atoms with E-state index >= 15 is 0 Å². The van der Waals surface area contributed by atoms with E-state index in [0.29, 0.717) is 5.88 Å². The molecule has 2 N–H and O–H groups in total. The lowest BCUT2D eigenvalue weighted by Gasteiger charge is -2.15. The molecular weight excluding hydrogens is 284 g/mol. The fourth-order valence-electron chi connectivity index (χ4n) is 1.73. The first-order valence-electron chi connectivity index (χ1n) is 5.07. The first-order chi connectivity index (χ1) is 8.15. The van der Waals surface area contributed by atoms with E-state index < -0.39 is 0 Å². The van der Waals surface area contributed by atoms with Crippen LogP contribution in [0.25, 0.3) is 0 Å². The van der Waals surface area contributed by atoms with Crippen LogP contribution in [0.4, 0.5) is 0 Å². The number of halogens is 1. The van der Waals surface area contributed by atoms with Gasteiger partial charge in [0.1, 0.15) is 0 Å². The molecule has 5 nitrogen and oxygen atoms in total. The lowest BCUT2D eigenvalue weighted by Crippen LogP contribution is -2.17. The van der Waals surface area contributed by atoms with Gasteiger partial charge in [0.2, 0.25) is 5.88 Å². The van der Waals surface area contributed by atoms with Crippen molar-refractivity contribution in [3.05, 3.63) is 40.3 Å². The van der Waals surface area contributed by atoms with Crippen LogP contribution in [-0.2, 0) is 7.05 Å². The van der Waals surface area contributed by atoms with Crippen LogP contribution in [0.1, 0.15) is 17.3 Å². The summed E-state index contributed by atoms with van der Waals surface area (Å²) in [6, 6.07) is 3.40. The van der Waals surface area contributed by atoms with E-state index in [4.69, 9.17) is 10.5 Å². The van der Waals surface area contributed by atoms with Crippen molar-refractivity contribution in [3.63, 3.8) is 0 Å². The van der Waals surface area contributed by atoms with Crippen LogP contribution in [0.3, 0.4) is 0 Å². The van der Waals surface area contributed by atoms with Crippen molar-refractivity contribution >= 4 is 15.9 Å². The van der Waals surface area contributed by atoms with Crippen LogP contribution in [0.15, 0.2) is 29.0 Å². The summed E-state index contributed by atoms with van der Waals surface area (Å²) in [5, 5.41) is 4.15. The first kappa shape index (κ1) is 12.1. The third kappa shape index (κ3) is 2.18. The molecule has 0 aliphatic rings. The summed E-state index contributed by atoms with van der Waals surface area (Å²) in [6.45, 7) is 0. The standard InChI is InChI=1S/C11H13BrN4O/c1-16-10(8(12)6-15-16)9(13)7-4-3-5-14-11(7)17-2/h3-6,9H,13H2,1-2H3. The summed E-state index contributed by atoms with van der Waals surface area (Å²) < 4.78 is 7.82. The second-order valence-electron chi connectivity index (χ2n) is 3.58. The van der Waals surface area contributed by atoms with Crippen LogP contribution in [0, 0.1) is 0 Å². The molecule has 2 aromatic rings. The molecule has 90 valence electrons. The van der Waals surface area contributed by atoms with Crippen molar-refractivity contribution in [2.45, 2.75) is 6.04 Å². The first-order valence-corrected chi connectivity index (χ1v) is 5.86. The Bertz CT molecular complexity index is 506. The third-order valence-electron chi connectivity index (χ3n) is 2.56. The number of aromatic nitrogens is 3. The third-order valence-corrected chi connectivity index (χ3v) is 3.17. The fourth-order valence-corrected chi connectivity index (χ4v) is 2.32. The van der Waals surface area contributed by atoms with Crippen LogP contribution in [-0.4, -0.2) is 21.9 Å². The molecule has 0 aliphatic heterocycles. The molecule has 0 aliphatic carbocycles. The van der Waals surface area contributed by atoms with E-state index in [0.717, 1.165) is 15.7 Å². The predicted molar refractivity (Wildman–Crippen MR) is 67.7 cm³/mol. The number of nitrogens with zero attached hydrogens (tertiary/aromatic N) is 3. The predicted octanol–water partition coefficient (Wildman–Crippen LogP) is 1.63. The second-order valence-corrected chi connectivity index (χ2v) is 4.44. The maximum Gasteiger partial charge on any atom is 0.218 e. The summed E-state index contributed by atoms with van der Waals surface area (Å²) in [7, 11) is 3.43. The topological polar surface area (TPSA) is 66.0 Å². The van der Waals surface area contributed by atoms with E-state index in [-0.39, 0.29) is 6.04 Å². The molecule has 2 aromatic heterocycles. The Hall–Kier alpha value is -1.40. The van der Waals surface area contributed by atoms with Gasteiger partial charge in [-0.25, -0.2) is 4.98 Å². The highest BCUT2D eigenvalue weighted by molar-refractivity contribution is 9.10. The molecule has 0 saturated carbocycles. The number of hydrogen-bond donors (Lipinski definition) is 1. The molecule has 2 rings (SSSR count). The van der Waals surface area contributed by atoms with Crippen LogP contribution in [0.5, 0.6) is 5.88 Å². The number of methoxy groups -OCH3 is 1. The molecule has 2 heterocycles. The Kier molecular flexibility index (Phi) is 3.44. The zero-order valence-corrected chi connectivity index (χ0v) is 11.2. The average Bonchev–Trinajstić information content (AvgIpc) is 2.68. The van der Waals surface area contributed by atoms with Gasteiger partial charge in [-0.1, -0.05) is 6.07 Å². The highest BCUT2D eigenvalue weighted by Crippen LogP contribution is 2.30. The van der Waals surface area contributed by atoms with Gasteiger partial charge in [0.25, 0.3) is 0 Å². The summed E-state index contributed by atoms with van der Waals surface area (Å²) in [4.78, 5) is 4.14. The van der Waals surface area contributed by atoms with Crippen molar-refractivity contribution < 1.29 is 4.74 Å². The zero-order valence-electron chi connectivity index (χ0n) is 9.59. The van der Waals surface area contributed by atoms with E-state index in [9.17, 15) is 0 Å². The minimum atomic E-state index is -0.333. The molecule has 0 radical (unpaired) electrons. The molecule has 0 spiro atoms. The van der Waals surface area contributed by atoms with Gasteiger partial charge in [0, 0.05) is 18.8 Å². The Labute approximate surface area is 108 Å². The van der Waals surface area contributed by atoms with Gasteiger partial charge in [0.05, 0.1) is 29.5 Å². The fraction of sp³-hybridized carbons (Fsp3) is 0.273. The molecular formula is C11H13BrN4O. The molecule has 0 saturated heterocycles. The summed E-state index contributed by atoms with van der Waals surface area (Å²) in [5.41, 5.74) is 7.95. The van der Waals surface area contributed by atoms with Gasteiger partial charge in [-0.2, -0.15) is 5.10 Å². The maximum absolute atomic E-state index is 6.23. The van der Waals surface area contributed by atoms with Gasteiger partial charge in [-0.3, -0.25) is 4.68 Å². The van der Waals surface area contributed by atoms with Gasteiger partial charge in [-0.05, 0) is 22.0 Å². The highest BCUT2D eigenvalue weighted by Gasteiger charge is 2.20. The lowest BCUT2D eigenvalue weighted by molar-refractivity contribution is 0.390. The maximum atomic E-state index is 6.23. The van der Waals surface area contributed by atoms with E-state index in [1.54, 1.807) is 24.2 Å². The van der Waals surface area contributed by atoms with Gasteiger partial charge >= 0.3 is 0 Å². The van der Waals surface area contributed by atoms with Crippen LogP contribution in [0.2, 0.25) is 0 Å². The van der Waals surface area contributed by atoms with Crippen molar-refractivity contribution in [2.24, 2.45) is 12.8 Å². The lowest BCUT2D eigenvalue weighted by atomic mass is 10.1. The molecule has 1 atom stereocenters. The number of hydrogen-bond acceptors (Lipinski definition) is 4. The minimum Gasteiger partial charge on any atom is -0.481 e. The van der Waals surface area contributed by atoms with Gasteiger partial charge in [-0.15, -0.1) is 0 Å². The summed E-state index contributed by atoms with van der Waals surface area (Å²) in [6.07, 6.45) is 3.39. The molecule has 0 amide bonds. The molecule has 0 bridgehead atoms. The van der Waals surface area contributed by atoms with Crippen LogP contribution < -0.4 is 10.5 Å². The van der Waals surface area contributed by atoms with E-state index in [1.807, 2.05) is 19.2 Å². The molecule has 1 unspecified atom stereocenters. The average molecular weight is 297 g/mol. The Morgan fingerprint density at radius 2 is 2.29 bits per heavy atom. The smallest absolute Gasteiger partial charge is 0.218 e. The van der Waals surface area contributed by atoms with Gasteiger partial charge in [0.15, 0.2) is 0 Å². The van der Waals surface area contributed by atoms with E-state index in [2.05, 4.69) is 26.0 Å². The van der Waals surface area contributed by atoms with E-state index in [1.165, 1.54) is 0 Å². The normalized spacial score (nSPS) is 12.5. The molecule has 17 heavy (non-hydrogen) atoms. The number of nitrogens with two attached hydrogens (primary N) is 1. The van der Waals surface area contributed by atoms with Gasteiger partial charge < -0.3 is 10.5 Å². The van der Waals surface area contributed by atoms with Crippen LogP contribution >= 0.6 is 15.9 Å². The summed E-state index contributed by atoms with van der Waals surface area (Å²) in [5.74, 6) is 0.535. The molecule has 0 aromatic carbocycles. The van der Waals surface area contributed by atoms with Crippen molar-refractivity contribution in [2.75, 3.05) is 7.11 Å². The Morgan fingerprint density at radius 3 is 2.88 bits per heavy atom.